The number of nitriles is 1. The Morgan fingerprint density at radius 1 is 1.07 bits per heavy atom. The van der Waals surface area contributed by atoms with E-state index in [4.69, 9.17) is 5.26 Å². The van der Waals surface area contributed by atoms with Crippen LogP contribution in [-0.4, -0.2) is 46.0 Å². The summed E-state index contributed by atoms with van der Waals surface area (Å²) in [5.41, 5.74) is 1.83. The van der Waals surface area contributed by atoms with Crippen LogP contribution in [-0.2, 0) is 6.54 Å². The summed E-state index contributed by atoms with van der Waals surface area (Å²) >= 11 is 1.56. The highest BCUT2D eigenvalue weighted by molar-refractivity contribution is 7.13. The van der Waals surface area contributed by atoms with Gasteiger partial charge < -0.3 is 10.2 Å². The van der Waals surface area contributed by atoms with E-state index in [0.717, 1.165) is 49.5 Å². The van der Waals surface area contributed by atoms with Crippen molar-refractivity contribution in [3.63, 3.8) is 0 Å². The smallest absolute Gasteiger partial charge is 0.188 e. The molecule has 0 spiro atoms. The van der Waals surface area contributed by atoms with Crippen LogP contribution in [0.4, 0.5) is 16.8 Å². The Labute approximate surface area is 161 Å². The molecule has 1 aliphatic heterocycles. The summed E-state index contributed by atoms with van der Waals surface area (Å²) in [6.45, 7) is 4.69. The molecule has 1 N–H and O–H groups in total. The fourth-order valence-electron chi connectivity index (χ4n) is 3.07. The lowest BCUT2D eigenvalue weighted by Crippen LogP contribution is -2.46. The fourth-order valence-corrected chi connectivity index (χ4v) is 3.60. The summed E-state index contributed by atoms with van der Waals surface area (Å²) in [6.07, 6.45) is 5.25. The van der Waals surface area contributed by atoms with Crippen LogP contribution in [0.2, 0.25) is 0 Å². The molecule has 0 amide bonds. The second kappa shape index (κ2) is 8.12. The number of pyridine rings is 2. The monoisotopic (exact) mass is 377 g/mol. The Hall–Kier alpha value is -3.02. The highest BCUT2D eigenvalue weighted by Crippen LogP contribution is 2.19. The SMILES string of the molecule is N#Cc1ccc(N2CCN(Cc3ccnc(Nc4nccs4)c3)CC2)nc1. The van der Waals surface area contributed by atoms with E-state index >= 15 is 0 Å². The Kier molecular flexibility index (Phi) is 5.23. The second-order valence-corrected chi connectivity index (χ2v) is 7.19. The molecule has 4 heterocycles. The van der Waals surface area contributed by atoms with Crippen molar-refractivity contribution in [3.05, 3.63) is 59.4 Å². The van der Waals surface area contributed by atoms with Crippen LogP contribution in [0, 0.1) is 11.3 Å². The molecule has 1 saturated heterocycles. The number of nitrogens with one attached hydrogen (secondary N) is 1. The lowest BCUT2D eigenvalue weighted by molar-refractivity contribution is 0.249. The van der Waals surface area contributed by atoms with Crippen LogP contribution in [0.1, 0.15) is 11.1 Å². The maximum Gasteiger partial charge on any atom is 0.188 e. The van der Waals surface area contributed by atoms with Gasteiger partial charge in [0.2, 0.25) is 0 Å². The summed E-state index contributed by atoms with van der Waals surface area (Å²) in [4.78, 5) is 17.7. The lowest BCUT2D eigenvalue weighted by Gasteiger charge is -2.35. The van der Waals surface area contributed by atoms with E-state index < -0.39 is 0 Å². The summed E-state index contributed by atoms with van der Waals surface area (Å²) < 4.78 is 0. The third-order valence-corrected chi connectivity index (χ3v) is 5.16. The van der Waals surface area contributed by atoms with Crippen molar-refractivity contribution in [2.24, 2.45) is 0 Å². The van der Waals surface area contributed by atoms with Crippen LogP contribution in [0.5, 0.6) is 0 Å². The third kappa shape index (κ3) is 4.39. The van der Waals surface area contributed by atoms with E-state index in [1.165, 1.54) is 5.56 Å². The second-order valence-electron chi connectivity index (χ2n) is 6.29. The minimum atomic E-state index is 0.595. The van der Waals surface area contributed by atoms with E-state index in [1.807, 2.05) is 23.7 Å². The Morgan fingerprint density at radius 2 is 1.96 bits per heavy atom. The predicted molar refractivity (Wildman–Crippen MR) is 106 cm³/mol. The third-order valence-electron chi connectivity index (χ3n) is 4.47. The van der Waals surface area contributed by atoms with E-state index in [2.05, 4.69) is 48.3 Å². The van der Waals surface area contributed by atoms with Crippen molar-refractivity contribution in [2.75, 3.05) is 36.4 Å². The Bertz CT molecular complexity index is 910. The number of hydrogen-bond acceptors (Lipinski definition) is 8. The largest absolute Gasteiger partial charge is 0.354 e. The van der Waals surface area contributed by atoms with E-state index in [9.17, 15) is 0 Å². The van der Waals surface area contributed by atoms with Gasteiger partial charge in [0.25, 0.3) is 0 Å². The number of piperazine rings is 1. The molecule has 0 bridgehead atoms. The predicted octanol–water partition coefficient (Wildman–Crippen LogP) is 2.87. The molecule has 4 rings (SSSR count). The van der Waals surface area contributed by atoms with Gasteiger partial charge in [0.05, 0.1) is 5.56 Å². The van der Waals surface area contributed by atoms with Gasteiger partial charge in [0.15, 0.2) is 5.13 Å². The maximum absolute atomic E-state index is 8.88. The molecule has 0 unspecified atom stereocenters. The summed E-state index contributed by atoms with van der Waals surface area (Å²) in [7, 11) is 0. The number of hydrogen-bond donors (Lipinski definition) is 1. The molecule has 0 atom stereocenters. The van der Waals surface area contributed by atoms with Crippen LogP contribution < -0.4 is 10.2 Å². The molecule has 27 heavy (non-hydrogen) atoms. The molecule has 3 aromatic heterocycles. The van der Waals surface area contributed by atoms with Gasteiger partial charge in [-0.2, -0.15) is 5.26 Å². The topological polar surface area (TPSA) is 81.0 Å². The quantitative estimate of drug-likeness (QED) is 0.732. The first kappa shape index (κ1) is 17.4. The van der Waals surface area contributed by atoms with Gasteiger partial charge in [0.1, 0.15) is 17.7 Å². The number of aromatic nitrogens is 3. The van der Waals surface area contributed by atoms with Crippen molar-refractivity contribution in [3.8, 4) is 6.07 Å². The molecule has 3 aromatic rings. The van der Waals surface area contributed by atoms with Crippen molar-refractivity contribution in [2.45, 2.75) is 6.54 Å². The van der Waals surface area contributed by atoms with Gasteiger partial charge in [-0.05, 0) is 29.8 Å². The average molecular weight is 377 g/mol. The van der Waals surface area contributed by atoms with Gasteiger partial charge >= 0.3 is 0 Å². The zero-order valence-corrected chi connectivity index (χ0v) is 15.6. The Balaban J connectivity index is 1.33. The molecule has 1 aliphatic rings. The molecule has 8 heteroatoms. The van der Waals surface area contributed by atoms with Gasteiger partial charge in [-0.25, -0.2) is 15.0 Å². The molecule has 1 fully saturated rings. The molecular formula is C19H19N7S. The molecule has 0 saturated carbocycles. The first-order chi connectivity index (χ1) is 13.3. The molecule has 0 radical (unpaired) electrons. The van der Waals surface area contributed by atoms with Crippen LogP contribution in [0.3, 0.4) is 0 Å². The molecule has 7 nitrogen and oxygen atoms in total. The van der Waals surface area contributed by atoms with Crippen molar-refractivity contribution < 1.29 is 0 Å². The van der Waals surface area contributed by atoms with Gasteiger partial charge in [-0.3, -0.25) is 4.90 Å². The molecule has 136 valence electrons. The molecule has 0 aromatic carbocycles. The van der Waals surface area contributed by atoms with Gasteiger partial charge in [-0.15, -0.1) is 11.3 Å². The first-order valence-corrected chi connectivity index (χ1v) is 9.63. The molecular weight excluding hydrogens is 358 g/mol. The average Bonchev–Trinajstić information content (AvgIpc) is 3.22. The number of nitrogens with zero attached hydrogens (tertiary/aromatic N) is 6. The van der Waals surface area contributed by atoms with E-state index in [-0.39, 0.29) is 0 Å². The highest BCUT2D eigenvalue weighted by Gasteiger charge is 2.18. The fraction of sp³-hybridized carbons (Fsp3) is 0.263. The van der Waals surface area contributed by atoms with Crippen LogP contribution in [0.25, 0.3) is 0 Å². The van der Waals surface area contributed by atoms with Gasteiger partial charge in [-0.1, -0.05) is 0 Å². The van der Waals surface area contributed by atoms with Gasteiger partial charge in [0, 0.05) is 56.7 Å². The van der Waals surface area contributed by atoms with Crippen molar-refractivity contribution in [1.29, 1.82) is 5.26 Å². The Morgan fingerprint density at radius 3 is 2.67 bits per heavy atom. The standard InChI is InChI=1S/C19H19N7S/c20-12-16-1-2-18(23-13-16)26-8-6-25(7-9-26)14-15-3-4-21-17(11-15)24-19-22-5-10-27-19/h1-5,10-11,13H,6-9,14H2,(H,21,22,24). The highest BCUT2D eigenvalue weighted by atomic mass is 32.1. The zero-order chi connectivity index (χ0) is 18.5. The van der Waals surface area contributed by atoms with Crippen molar-refractivity contribution >= 4 is 28.1 Å². The van der Waals surface area contributed by atoms with Crippen molar-refractivity contribution in [1.82, 2.24) is 19.9 Å². The summed E-state index contributed by atoms with van der Waals surface area (Å²) in [5.74, 6) is 1.76. The normalized spacial score (nSPS) is 14.7. The number of thiazole rings is 1. The zero-order valence-electron chi connectivity index (χ0n) is 14.7. The van der Waals surface area contributed by atoms with Crippen LogP contribution in [0.15, 0.2) is 48.2 Å². The van der Waals surface area contributed by atoms with E-state index in [0.29, 0.717) is 5.56 Å². The lowest BCUT2D eigenvalue weighted by atomic mass is 10.2. The minimum absolute atomic E-state index is 0.595. The molecule has 0 aliphatic carbocycles. The number of anilines is 3. The first-order valence-electron chi connectivity index (χ1n) is 8.75. The maximum atomic E-state index is 8.88. The van der Waals surface area contributed by atoms with Crippen LogP contribution >= 0.6 is 11.3 Å². The van der Waals surface area contributed by atoms with E-state index in [1.54, 1.807) is 23.7 Å². The number of rotatable bonds is 5. The summed E-state index contributed by atoms with van der Waals surface area (Å²) in [5, 5.41) is 14.9. The minimum Gasteiger partial charge on any atom is -0.354 e. The summed E-state index contributed by atoms with van der Waals surface area (Å²) in [6, 6.07) is 9.99.